The Morgan fingerprint density at radius 1 is 1.18 bits per heavy atom. The van der Waals surface area contributed by atoms with Gasteiger partial charge in [0.15, 0.2) is 0 Å². The molecule has 0 aliphatic heterocycles. The maximum Gasteiger partial charge on any atom is 0.269 e. The molecule has 0 spiro atoms. The average molecular weight is 289 g/mol. The number of aromatic nitrogens is 1. The SMILES string of the molecule is N#C/C(=C\c1c[nH]c2ccccc12)c1ccc([N+](=O)[O-])cc1. The number of fused-ring (bicyclic) bond motifs is 1. The molecule has 0 bridgehead atoms. The summed E-state index contributed by atoms with van der Waals surface area (Å²) in [6, 6.07) is 15.9. The van der Waals surface area contributed by atoms with E-state index in [1.54, 1.807) is 18.2 Å². The number of benzene rings is 2. The van der Waals surface area contributed by atoms with Crippen molar-refractivity contribution in [2.24, 2.45) is 0 Å². The first-order valence-electron chi connectivity index (χ1n) is 6.62. The summed E-state index contributed by atoms with van der Waals surface area (Å²) in [5.74, 6) is 0. The van der Waals surface area contributed by atoms with Gasteiger partial charge in [-0.2, -0.15) is 5.26 Å². The van der Waals surface area contributed by atoms with E-state index in [0.717, 1.165) is 16.5 Å². The highest BCUT2D eigenvalue weighted by atomic mass is 16.6. The first-order valence-corrected chi connectivity index (χ1v) is 6.62. The molecule has 0 fully saturated rings. The summed E-state index contributed by atoms with van der Waals surface area (Å²) < 4.78 is 0. The van der Waals surface area contributed by atoms with Gasteiger partial charge in [-0.1, -0.05) is 18.2 Å². The predicted molar refractivity (Wildman–Crippen MR) is 84.9 cm³/mol. The van der Waals surface area contributed by atoms with Crippen LogP contribution in [0.3, 0.4) is 0 Å². The minimum atomic E-state index is -0.459. The fourth-order valence-corrected chi connectivity index (χ4v) is 2.31. The lowest BCUT2D eigenvalue weighted by Gasteiger charge is -1.99. The van der Waals surface area contributed by atoms with E-state index in [0.29, 0.717) is 11.1 Å². The van der Waals surface area contributed by atoms with Gasteiger partial charge in [-0.15, -0.1) is 0 Å². The molecular weight excluding hydrogens is 278 g/mol. The molecule has 0 atom stereocenters. The second kappa shape index (κ2) is 5.54. The lowest BCUT2D eigenvalue weighted by molar-refractivity contribution is -0.384. The first kappa shape index (κ1) is 13.6. The van der Waals surface area contributed by atoms with E-state index in [9.17, 15) is 15.4 Å². The molecule has 5 nitrogen and oxygen atoms in total. The van der Waals surface area contributed by atoms with Gasteiger partial charge in [0.25, 0.3) is 5.69 Å². The molecule has 0 aliphatic carbocycles. The number of non-ortho nitro benzene ring substituents is 1. The van der Waals surface area contributed by atoms with Gasteiger partial charge in [0.2, 0.25) is 0 Å². The lowest BCUT2D eigenvalue weighted by Crippen LogP contribution is -1.88. The molecule has 0 radical (unpaired) electrons. The van der Waals surface area contributed by atoms with Crippen molar-refractivity contribution in [2.45, 2.75) is 0 Å². The molecule has 0 amide bonds. The van der Waals surface area contributed by atoms with E-state index in [4.69, 9.17) is 0 Å². The molecule has 0 aliphatic rings. The summed E-state index contributed by atoms with van der Waals surface area (Å²) in [5.41, 5.74) is 3.02. The summed E-state index contributed by atoms with van der Waals surface area (Å²) in [6.45, 7) is 0. The zero-order chi connectivity index (χ0) is 15.5. The van der Waals surface area contributed by atoms with E-state index in [2.05, 4.69) is 11.1 Å². The number of nitrogens with one attached hydrogen (secondary N) is 1. The number of para-hydroxylation sites is 1. The van der Waals surface area contributed by atoms with Crippen LogP contribution in [0.15, 0.2) is 54.7 Å². The number of nitriles is 1. The van der Waals surface area contributed by atoms with Gasteiger partial charge >= 0.3 is 0 Å². The van der Waals surface area contributed by atoms with E-state index >= 15 is 0 Å². The largest absolute Gasteiger partial charge is 0.361 e. The Morgan fingerprint density at radius 2 is 1.91 bits per heavy atom. The van der Waals surface area contributed by atoms with Crippen LogP contribution in [0, 0.1) is 21.4 Å². The van der Waals surface area contributed by atoms with Gasteiger partial charge < -0.3 is 4.98 Å². The number of hydrogen-bond acceptors (Lipinski definition) is 3. The fourth-order valence-electron chi connectivity index (χ4n) is 2.31. The van der Waals surface area contributed by atoms with E-state index in [-0.39, 0.29) is 5.69 Å². The molecule has 2 aromatic carbocycles. The van der Waals surface area contributed by atoms with Crippen molar-refractivity contribution in [1.29, 1.82) is 5.26 Å². The molecular formula is C17H11N3O2. The second-order valence-electron chi connectivity index (χ2n) is 4.76. The summed E-state index contributed by atoms with van der Waals surface area (Å²) >= 11 is 0. The van der Waals surface area contributed by atoms with Crippen LogP contribution in [0.2, 0.25) is 0 Å². The molecule has 0 saturated heterocycles. The number of rotatable bonds is 3. The van der Waals surface area contributed by atoms with Crippen LogP contribution in [0.1, 0.15) is 11.1 Å². The minimum Gasteiger partial charge on any atom is -0.361 e. The number of hydrogen-bond donors (Lipinski definition) is 1. The van der Waals surface area contributed by atoms with Crippen molar-refractivity contribution in [1.82, 2.24) is 4.98 Å². The van der Waals surface area contributed by atoms with Crippen LogP contribution < -0.4 is 0 Å². The molecule has 22 heavy (non-hydrogen) atoms. The van der Waals surface area contributed by atoms with Crippen LogP contribution in [-0.2, 0) is 0 Å². The molecule has 1 heterocycles. The summed E-state index contributed by atoms with van der Waals surface area (Å²) in [5, 5.41) is 21.1. The van der Waals surface area contributed by atoms with E-state index in [1.807, 2.05) is 30.5 Å². The Labute approximate surface area is 126 Å². The summed E-state index contributed by atoms with van der Waals surface area (Å²) in [6.07, 6.45) is 3.62. The number of nitro benzene ring substituents is 1. The molecule has 3 aromatic rings. The predicted octanol–water partition coefficient (Wildman–Crippen LogP) is 4.14. The summed E-state index contributed by atoms with van der Waals surface area (Å²) in [7, 11) is 0. The lowest BCUT2D eigenvalue weighted by atomic mass is 10.0. The highest BCUT2D eigenvalue weighted by Gasteiger charge is 2.08. The smallest absolute Gasteiger partial charge is 0.269 e. The van der Waals surface area contributed by atoms with Crippen molar-refractivity contribution in [3.05, 3.63) is 76.0 Å². The van der Waals surface area contributed by atoms with Crippen LogP contribution in [0.5, 0.6) is 0 Å². The number of nitro groups is 1. The molecule has 5 heteroatoms. The van der Waals surface area contributed by atoms with Gasteiger partial charge in [0.1, 0.15) is 0 Å². The van der Waals surface area contributed by atoms with Crippen molar-refractivity contribution < 1.29 is 4.92 Å². The van der Waals surface area contributed by atoms with Gasteiger partial charge in [0, 0.05) is 34.8 Å². The van der Waals surface area contributed by atoms with Gasteiger partial charge in [-0.3, -0.25) is 10.1 Å². The molecule has 1 N–H and O–H groups in total. The van der Waals surface area contributed by atoms with Crippen LogP contribution in [0.4, 0.5) is 5.69 Å². The quantitative estimate of drug-likeness (QED) is 0.447. The van der Waals surface area contributed by atoms with Gasteiger partial charge in [-0.05, 0) is 29.8 Å². The Morgan fingerprint density at radius 3 is 2.59 bits per heavy atom. The zero-order valence-corrected chi connectivity index (χ0v) is 11.5. The maximum atomic E-state index is 10.7. The van der Waals surface area contributed by atoms with Crippen molar-refractivity contribution in [2.75, 3.05) is 0 Å². The van der Waals surface area contributed by atoms with Crippen molar-refractivity contribution in [3.8, 4) is 6.07 Å². The highest BCUT2D eigenvalue weighted by Crippen LogP contribution is 2.24. The molecule has 0 saturated carbocycles. The first-order chi connectivity index (χ1) is 10.7. The van der Waals surface area contributed by atoms with Crippen LogP contribution in [-0.4, -0.2) is 9.91 Å². The Hall–Kier alpha value is -3.39. The maximum absolute atomic E-state index is 10.7. The minimum absolute atomic E-state index is 0.00753. The van der Waals surface area contributed by atoms with Crippen molar-refractivity contribution in [3.63, 3.8) is 0 Å². The monoisotopic (exact) mass is 289 g/mol. The Balaban J connectivity index is 2.04. The third-order valence-corrected chi connectivity index (χ3v) is 3.43. The highest BCUT2D eigenvalue weighted by molar-refractivity contribution is 5.97. The number of aromatic amines is 1. The number of nitrogens with zero attached hydrogens (tertiary/aromatic N) is 2. The normalized spacial score (nSPS) is 11.3. The Bertz CT molecular complexity index is 915. The molecule has 3 rings (SSSR count). The summed E-state index contributed by atoms with van der Waals surface area (Å²) in [4.78, 5) is 13.4. The van der Waals surface area contributed by atoms with E-state index < -0.39 is 4.92 Å². The average Bonchev–Trinajstić information content (AvgIpc) is 2.96. The molecule has 106 valence electrons. The van der Waals surface area contributed by atoms with Gasteiger partial charge in [-0.25, -0.2) is 0 Å². The molecule has 0 unspecified atom stereocenters. The van der Waals surface area contributed by atoms with Crippen LogP contribution in [0.25, 0.3) is 22.6 Å². The number of allylic oxidation sites excluding steroid dienone is 1. The fraction of sp³-hybridized carbons (Fsp3) is 0. The van der Waals surface area contributed by atoms with Crippen LogP contribution >= 0.6 is 0 Å². The standard InChI is InChI=1S/C17H11N3O2/c18-10-13(12-5-7-15(8-6-12)20(21)22)9-14-11-19-17-4-2-1-3-16(14)17/h1-9,11,19H/b13-9+. The topological polar surface area (TPSA) is 82.7 Å². The van der Waals surface area contributed by atoms with E-state index in [1.165, 1.54) is 12.1 Å². The van der Waals surface area contributed by atoms with Crippen molar-refractivity contribution >= 4 is 28.2 Å². The third kappa shape index (κ3) is 2.45. The zero-order valence-electron chi connectivity index (χ0n) is 11.5. The van der Waals surface area contributed by atoms with Gasteiger partial charge in [0.05, 0.1) is 16.6 Å². The second-order valence-corrected chi connectivity index (χ2v) is 4.76. The number of H-pyrrole nitrogens is 1. The third-order valence-electron chi connectivity index (χ3n) is 3.43. The Kier molecular flexibility index (Phi) is 3.42. The molecule has 1 aromatic heterocycles.